The molecule has 0 heterocycles. The Balaban J connectivity index is 1.66. The molecule has 0 aliphatic rings. The molecule has 36 heavy (non-hydrogen) atoms. The molecule has 3 rings (SSSR count). The van der Waals surface area contributed by atoms with Gasteiger partial charge < -0.3 is 9.57 Å². The highest BCUT2D eigenvalue weighted by atomic mass is 31.1. The van der Waals surface area contributed by atoms with Crippen LogP contribution in [0.25, 0.3) is 0 Å². The van der Waals surface area contributed by atoms with Crippen LogP contribution in [0.3, 0.4) is 0 Å². The summed E-state index contributed by atoms with van der Waals surface area (Å²) in [5.41, 5.74) is 0. The Morgan fingerprint density at radius 1 is 0.778 bits per heavy atom. The molecule has 0 fully saturated rings. The van der Waals surface area contributed by atoms with Gasteiger partial charge in [-0.05, 0) is 37.4 Å². The number of nitrogens with zero attached hydrogens (tertiary/aromatic N) is 1. The van der Waals surface area contributed by atoms with Gasteiger partial charge in [0.15, 0.2) is 0 Å². The third-order valence-corrected chi connectivity index (χ3v) is 7.61. The van der Waals surface area contributed by atoms with Gasteiger partial charge >= 0.3 is 11.9 Å². The molecule has 7 nitrogen and oxygen atoms in total. The number of carbonyl (C=O) groups is 4. The van der Waals surface area contributed by atoms with Crippen molar-refractivity contribution in [2.24, 2.45) is 0 Å². The summed E-state index contributed by atoms with van der Waals surface area (Å²) >= 11 is 0. The lowest BCUT2D eigenvalue weighted by molar-refractivity contribution is -0.196. The summed E-state index contributed by atoms with van der Waals surface area (Å²) in [6.07, 6.45) is 0.764. The fourth-order valence-corrected chi connectivity index (χ4v) is 5.84. The van der Waals surface area contributed by atoms with E-state index >= 15 is 0 Å². The van der Waals surface area contributed by atoms with Gasteiger partial charge in [-0.25, -0.2) is 4.79 Å². The molecule has 0 atom stereocenters. The molecule has 3 aromatic carbocycles. The maximum Gasteiger partial charge on any atom is 0.333 e. The summed E-state index contributed by atoms with van der Waals surface area (Å²) < 4.78 is 5.73. The number of para-hydroxylation sites is 1. The summed E-state index contributed by atoms with van der Waals surface area (Å²) in [6, 6.07) is 27.6. The second kappa shape index (κ2) is 13.9. The molecule has 8 heteroatoms. The van der Waals surface area contributed by atoms with Crippen molar-refractivity contribution in [1.82, 2.24) is 5.06 Å². The molecule has 0 saturated heterocycles. The van der Waals surface area contributed by atoms with Crippen LogP contribution in [0, 0.1) is 0 Å². The Morgan fingerprint density at radius 2 is 1.33 bits per heavy atom. The number of imide groups is 1. The van der Waals surface area contributed by atoms with Gasteiger partial charge in [0.2, 0.25) is 0 Å². The number of benzene rings is 3. The number of amides is 2. The van der Waals surface area contributed by atoms with E-state index in [4.69, 9.17) is 9.57 Å². The quantitative estimate of drug-likeness (QED) is 0.130. The van der Waals surface area contributed by atoms with Crippen LogP contribution in [-0.2, 0) is 24.0 Å². The lowest BCUT2D eigenvalue weighted by atomic mass is 10.2. The van der Waals surface area contributed by atoms with Crippen molar-refractivity contribution in [2.75, 3.05) is 0 Å². The predicted molar refractivity (Wildman–Crippen MR) is 139 cm³/mol. The van der Waals surface area contributed by atoms with E-state index in [1.54, 1.807) is 13.0 Å². The standard InChI is InChI=1S/C28H28NO6P/c1-2-12-26(31)29(21-30)35-28(33)20-11-19-27(32)34-24-17-9-10-18-25(24)36(22-13-5-3-6-14-22)23-15-7-4-8-16-23/h3-10,13-18,21H,2,11-12,19-20H2,1H3. The first-order valence-corrected chi connectivity index (χ1v) is 13.1. The summed E-state index contributed by atoms with van der Waals surface area (Å²) in [7, 11) is -0.964. The van der Waals surface area contributed by atoms with Crippen molar-refractivity contribution in [2.45, 2.75) is 39.0 Å². The van der Waals surface area contributed by atoms with Crippen molar-refractivity contribution in [3.8, 4) is 5.75 Å². The Bertz CT molecular complexity index is 1130. The SMILES string of the molecule is CCCC(=O)N(C=O)OC(=O)CCCC(=O)Oc1ccccc1P(c1ccccc1)c1ccccc1. The molecule has 0 unspecified atom stereocenters. The van der Waals surface area contributed by atoms with Crippen LogP contribution in [0.1, 0.15) is 39.0 Å². The first-order valence-electron chi connectivity index (χ1n) is 11.7. The summed E-state index contributed by atoms with van der Waals surface area (Å²) in [6.45, 7) is 1.77. The topological polar surface area (TPSA) is 90.0 Å². The van der Waals surface area contributed by atoms with Gasteiger partial charge in [0.05, 0.1) is 0 Å². The van der Waals surface area contributed by atoms with Crippen LogP contribution in [-0.4, -0.2) is 29.3 Å². The van der Waals surface area contributed by atoms with Gasteiger partial charge in [-0.15, -0.1) is 5.06 Å². The van der Waals surface area contributed by atoms with E-state index in [0.717, 1.165) is 15.9 Å². The molecule has 0 aromatic heterocycles. The fourth-order valence-electron chi connectivity index (χ4n) is 3.47. The molecule has 2 amide bonds. The summed E-state index contributed by atoms with van der Waals surface area (Å²) in [4.78, 5) is 52.1. The van der Waals surface area contributed by atoms with E-state index in [0.29, 0.717) is 17.2 Å². The van der Waals surface area contributed by atoms with Crippen LogP contribution < -0.4 is 20.7 Å². The number of rotatable bonds is 11. The first-order chi connectivity index (χ1) is 17.5. The van der Waals surface area contributed by atoms with E-state index in [-0.39, 0.29) is 32.1 Å². The molecule has 0 spiro atoms. The number of hydrogen-bond donors (Lipinski definition) is 0. The highest BCUT2D eigenvalue weighted by Gasteiger charge is 2.22. The monoisotopic (exact) mass is 505 g/mol. The Kier molecular flexibility index (Phi) is 10.3. The molecule has 186 valence electrons. The van der Waals surface area contributed by atoms with Crippen molar-refractivity contribution >= 4 is 48.1 Å². The average Bonchev–Trinajstić information content (AvgIpc) is 2.90. The molecule has 0 saturated carbocycles. The Hall–Kier alpha value is -3.83. The number of carbonyl (C=O) groups excluding carboxylic acids is 4. The third-order valence-electron chi connectivity index (χ3n) is 5.13. The molecule has 0 aliphatic carbocycles. The van der Waals surface area contributed by atoms with Gasteiger partial charge in [0, 0.05) is 24.6 Å². The van der Waals surface area contributed by atoms with Crippen molar-refractivity contribution in [3.63, 3.8) is 0 Å². The lowest BCUT2D eigenvalue weighted by Gasteiger charge is -2.21. The minimum atomic E-state index is -0.964. The van der Waals surface area contributed by atoms with Crippen LogP contribution in [0.5, 0.6) is 5.75 Å². The van der Waals surface area contributed by atoms with E-state index < -0.39 is 25.8 Å². The van der Waals surface area contributed by atoms with Gasteiger partial charge in [0.1, 0.15) is 5.75 Å². The second-order valence-electron chi connectivity index (χ2n) is 7.84. The minimum absolute atomic E-state index is 0.0258. The average molecular weight is 506 g/mol. The maximum atomic E-state index is 12.6. The predicted octanol–water partition coefficient (Wildman–Crippen LogP) is 3.76. The largest absolute Gasteiger partial charge is 0.426 e. The number of hydroxylamine groups is 2. The van der Waals surface area contributed by atoms with Crippen LogP contribution in [0.15, 0.2) is 84.9 Å². The molecule has 0 radical (unpaired) electrons. The highest BCUT2D eigenvalue weighted by molar-refractivity contribution is 7.80. The number of esters is 1. The van der Waals surface area contributed by atoms with Gasteiger partial charge in [-0.1, -0.05) is 85.8 Å². The highest BCUT2D eigenvalue weighted by Crippen LogP contribution is 2.36. The van der Waals surface area contributed by atoms with Crippen molar-refractivity contribution < 1.29 is 28.8 Å². The zero-order valence-corrected chi connectivity index (χ0v) is 20.9. The molecular formula is C28H28NO6P. The zero-order valence-electron chi connectivity index (χ0n) is 20.0. The van der Waals surface area contributed by atoms with Gasteiger partial charge in [-0.3, -0.25) is 14.4 Å². The Labute approximate surface area is 211 Å². The van der Waals surface area contributed by atoms with Gasteiger partial charge in [-0.2, -0.15) is 0 Å². The van der Waals surface area contributed by atoms with Crippen molar-refractivity contribution in [3.05, 3.63) is 84.9 Å². The second-order valence-corrected chi connectivity index (χ2v) is 10.0. The van der Waals surface area contributed by atoms with E-state index in [1.807, 2.05) is 54.6 Å². The minimum Gasteiger partial charge on any atom is -0.426 e. The molecule has 0 N–H and O–H groups in total. The van der Waals surface area contributed by atoms with Crippen LogP contribution >= 0.6 is 7.92 Å². The van der Waals surface area contributed by atoms with E-state index in [1.165, 1.54) is 0 Å². The summed E-state index contributed by atoms with van der Waals surface area (Å²) in [5.74, 6) is -1.37. The van der Waals surface area contributed by atoms with Crippen LogP contribution in [0.4, 0.5) is 0 Å². The summed E-state index contributed by atoms with van der Waals surface area (Å²) in [5, 5.41) is 3.56. The van der Waals surface area contributed by atoms with Crippen LogP contribution in [0.2, 0.25) is 0 Å². The van der Waals surface area contributed by atoms with E-state index in [2.05, 4.69) is 24.3 Å². The van der Waals surface area contributed by atoms with Crippen molar-refractivity contribution in [1.29, 1.82) is 0 Å². The number of hydrogen-bond acceptors (Lipinski definition) is 6. The van der Waals surface area contributed by atoms with E-state index in [9.17, 15) is 19.2 Å². The van der Waals surface area contributed by atoms with Gasteiger partial charge in [0.25, 0.3) is 12.3 Å². The fraction of sp³-hybridized carbons (Fsp3) is 0.214. The lowest BCUT2D eigenvalue weighted by Crippen LogP contribution is -2.32. The first kappa shape index (κ1) is 26.8. The molecule has 3 aromatic rings. The maximum absolute atomic E-state index is 12.6. The third kappa shape index (κ3) is 7.59. The smallest absolute Gasteiger partial charge is 0.333 e. The molecular weight excluding hydrogens is 477 g/mol. The zero-order chi connectivity index (χ0) is 25.8. The Morgan fingerprint density at radius 3 is 1.92 bits per heavy atom. The number of ether oxygens (including phenoxy) is 1. The molecule has 0 aliphatic heterocycles. The molecule has 0 bridgehead atoms. The normalized spacial score (nSPS) is 10.5.